The van der Waals surface area contributed by atoms with Gasteiger partial charge in [-0.3, -0.25) is 14.4 Å². The van der Waals surface area contributed by atoms with E-state index in [-0.39, 0.29) is 30.2 Å². The summed E-state index contributed by atoms with van der Waals surface area (Å²) in [6, 6.07) is 13.1. The molecule has 1 aromatic heterocycles. The minimum Gasteiger partial charge on any atom is -0.381 e. The smallest absolute Gasteiger partial charge is 0.254 e. The number of hydrogen-bond donors (Lipinski definition) is 1. The summed E-state index contributed by atoms with van der Waals surface area (Å²) in [5.74, 6) is -0.470. The Morgan fingerprint density at radius 2 is 1.78 bits per heavy atom. The molecule has 1 N–H and O–H groups in total. The minimum absolute atomic E-state index is 0.0435. The quantitative estimate of drug-likeness (QED) is 0.597. The fourth-order valence-corrected chi connectivity index (χ4v) is 4.68. The van der Waals surface area contributed by atoms with Gasteiger partial charge in [-0.05, 0) is 67.8 Å². The summed E-state index contributed by atoms with van der Waals surface area (Å²) in [4.78, 5) is 41.5. The van der Waals surface area contributed by atoms with Gasteiger partial charge in [0.15, 0.2) is 0 Å². The predicted octanol–water partition coefficient (Wildman–Crippen LogP) is 2.95. The second-order valence-corrected chi connectivity index (χ2v) is 9.39. The van der Waals surface area contributed by atoms with Crippen LogP contribution in [0.15, 0.2) is 54.9 Å². The molecular weight excluding hydrogens is 458 g/mol. The van der Waals surface area contributed by atoms with Crippen molar-refractivity contribution in [2.24, 2.45) is 5.92 Å². The number of anilines is 2. The van der Waals surface area contributed by atoms with Crippen LogP contribution >= 0.6 is 0 Å². The Morgan fingerprint density at radius 1 is 1.03 bits per heavy atom. The fourth-order valence-electron chi connectivity index (χ4n) is 4.68. The number of aromatic nitrogens is 2. The largest absolute Gasteiger partial charge is 0.381 e. The molecule has 3 aromatic rings. The van der Waals surface area contributed by atoms with Gasteiger partial charge in [-0.25, -0.2) is 4.68 Å². The minimum atomic E-state index is -0.179. The van der Waals surface area contributed by atoms with Gasteiger partial charge in [0.05, 0.1) is 36.3 Å². The number of aryl methyl sites for hydroxylation is 2. The molecule has 0 aliphatic carbocycles. The first-order chi connectivity index (χ1) is 17.4. The summed E-state index contributed by atoms with van der Waals surface area (Å²) in [6.07, 6.45) is 4.05. The standard InChI is InChI=1S/C27H29N5O4/c1-18-11-19(2)13-24(12-18)31-9-8-30(16-25(31)33)27(35)20-3-5-23(6-4-20)32-15-22(14-28-32)29-26(34)21-7-10-36-17-21/h3-6,11-15,21H,7-10,16-17H2,1-2H3,(H,29,34). The van der Waals surface area contributed by atoms with E-state index < -0.39 is 0 Å². The third kappa shape index (κ3) is 5.01. The first kappa shape index (κ1) is 23.7. The molecule has 5 rings (SSSR count). The van der Waals surface area contributed by atoms with E-state index in [0.717, 1.165) is 28.9 Å². The van der Waals surface area contributed by atoms with Gasteiger partial charge in [0, 0.05) is 30.9 Å². The van der Waals surface area contributed by atoms with Crippen LogP contribution < -0.4 is 10.2 Å². The van der Waals surface area contributed by atoms with E-state index in [4.69, 9.17) is 4.74 Å². The molecule has 3 heterocycles. The molecule has 2 fully saturated rings. The number of hydrogen-bond acceptors (Lipinski definition) is 5. The van der Waals surface area contributed by atoms with E-state index in [1.54, 1.807) is 51.1 Å². The molecule has 0 radical (unpaired) electrons. The molecule has 9 nitrogen and oxygen atoms in total. The molecule has 2 aromatic carbocycles. The van der Waals surface area contributed by atoms with Gasteiger partial charge >= 0.3 is 0 Å². The average Bonchev–Trinajstić information content (AvgIpc) is 3.56. The highest BCUT2D eigenvalue weighted by molar-refractivity contribution is 6.01. The van der Waals surface area contributed by atoms with Gasteiger partial charge in [0.25, 0.3) is 5.91 Å². The summed E-state index contributed by atoms with van der Waals surface area (Å²) >= 11 is 0. The van der Waals surface area contributed by atoms with Crippen LogP contribution in [-0.4, -0.2) is 65.2 Å². The maximum absolute atomic E-state index is 13.1. The molecule has 36 heavy (non-hydrogen) atoms. The third-order valence-electron chi connectivity index (χ3n) is 6.56. The predicted molar refractivity (Wildman–Crippen MR) is 135 cm³/mol. The van der Waals surface area contributed by atoms with Crippen molar-refractivity contribution in [1.82, 2.24) is 14.7 Å². The topological polar surface area (TPSA) is 96.8 Å². The number of ether oxygens (including phenoxy) is 1. The van der Waals surface area contributed by atoms with E-state index >= 15 is 0 Å². The van der Waals surface area contributed by atoms with E-state index in [1.807, 2.05) is 26.0 Å². The maximum atomic E-state index is 13.1. The lowest BCUT2D eigenvalue weighted by atomic mass is 10.1. The fraction of sp³-hybridized carbons (Fsp3) is 0.333. The Hall–Kier alpha value is -3.98. The van der Waals surface area contributed by atoms with E-state index in [1.165, 1.54) is 0 Å². The SMILES string of the molecule is Cc1cc(C)cc(N2CCN(C(=O)c3ccc(-n4cc(NC(=O)C5CCOC5)cn4)cc3)CC2=O)c1. The molecule has 3 amide bonds. The lowest BCUT2D eigenvalue weighted by Gasteiger charge is -2.34. The Morgan fingerprint density at radius 3 is 2.44 bits per heavy atom. The van der Waals surface area contributed by atoms with Crippen molar-refractivity contribution in [2.75, 3.05) is 43.1 Å². The Kier molecular flexibility index (Phi) is 6.56. The lowest BCUT2D eigenvalue weighted by Crippen LogP contribution is -2.52. The van der Waals surface area contributed by atoms with Gasteiger partial charge in [-0.2, -0.15) is 5.10 Å². The zero-order chi connectivity index (χ0) is 25.2. The van der Waals surface area contributed by atoms with Gasteiger partial charge in [-0.15, -0.1) is 0 Å². The van der Waals surface area contributed by atoms with Crippen molar-refractivity contribution < 1.29 is 19.1 Å². The number of nitrogens with zero attached hydrogens (tertiary/aromatic N) is 4. The van der Waals surface area contributed by atoms with Crippen molar-refractivity contribution in [2.45, 2.75) is 20.3 Å². The van der Waals surface area contributed by atoms with Crippen molar-refractivity contribution >= 4 is 29.1 Å². The molecule has 186 valence electrons. The van der Waals surface area contributed by atoms with Crippen LogP contribution in [0.2, 0.25) is 0 Å². The van der Waals surface area contributed by atoms with Crippen LogP contribution in [0.4, 0.5) is 11.4 Å². The number of benzene rings is 2. The van der Waals surface area contributed by atoms with Crippen molar-refractivity contribution in [3.63, 3.8) is 0 Å². The molecular formula is C27H29N5O4. The molecule has 0 spiro atoms. The number of carbonyl (C=O) groups excluding carboxylic acids is 3. The van der Waals surface area contributed by atoms with E-state index in [9.17, 15) is 14.4 Å². The number of rotatable bonds is 5. The third-order valence-corrected chi connectivity index (χ3v) is 6.56. The van der Waals surface area contributed by atoms with Crippen molar-refractivity contribution in [1.29, 1.82) is 0 Å². The summed E-state index contributed by atoms with van der Waals surface area (Å²) in [7, 11) is 0. The van der Waals surface area contributed by atoms with Crippen LogP contribution in [0.3, 0.4) is 0 Å². The van der Waals surface area contributed by atoms with Crippen LogP contribution in [-0.2, 0) is 14.3 Å². The van der Waals surface area contributed by atoms with Gasteiger partial charge < -0.3 is 19.9 Å². The summed E-state index contributed by atoms with van der Waals surface area (Å²) in [6.45, 7) is 6.04. The summed E-state index contributed by atoms with van der Waals surface area (Å²) < 4.78 is 6.91. The van der Waals surface area contributed by atoms with Crippen LogP contribution in [0.5, 0.6) is 0 Å². The average molecular weight is 488 g/mol. The highest BCUT2D eigenvalue weighted by Crippen LogP contribution is 2.22. The summed E-state index contributed by atoms with van der Waals surface area (Å²) in [5, 5.41) is 7.19. The number of carbonyl (C=O) groups is 3. The first-order valence-electron chi connectivity index (χ1n) is 12.1. The van der Waals surface area contributed by atoms with Gasteiger partial charge in [0.2, 0.25) is 11.8 Å². The normalized spacial score (nSPS) is 17.9. The Balaban J connectivity index is 1.21. The van der Waals surface area contributed by atoms with Gasteiger partial charge in [-0.1, -0.05) is 6.07 Å². The zero-order valence-corrected chi connectivity index (χ0v) is 20.4. The maximum Gasteiger partial charge on any atom is 0.254 e. The van der Waals surface area contributed by atoms with Gasteiger partial charge in [0.1, 0.15) is 6.54 Å². The van der Waals surface area contributed by atoms with Crippen molar-refractivity contribution in [3.05, 3.63) is 71.5 Å². The number of nitrogens with one attached hydrogen (secondary N) is 1. The van der Waals surface area contributed by atoms with Crippen LogP contribution in [0, 0.1) is 19.8 Å². The second-order valence-electron chi connectivity index (χ2n) is 9.39. The highest BCUT2D eigenvalue weighted by atomic mass is 16.5. The lowest BCUT2D eigenvalue weighted by molar-refractivity contribution is -0.121. The van der Waals surface area contributed by atoms with Crippen molar-refractivity contribution in [3.8, 4) is 5.69 Å². The van der Waals surface area contributed by atoms with Crippen LogP contribution in [0.1, 0.15) is 27.9 Å². The second kappa shape index (κ2) is 9.94. The van der Waals surface area contributed by atoms with E-state index in [2.05, 4.69) is 16.5 Å². The van der Waals surface area contributed by atoms with E-state index in [0.29, 0.717) is 37.6 Å². The Labute approximate surface area is 209 Å². The highest BCUT2D eigenvalue weighted by Gasteiger charge is 2.29. The molecule has 0 saturated carbocycles. The number of piperazine rings is 1. The number of amides is 3. The first-order valence-corrected chi connectivity index (χ1v) is 12.1. The molecule has 9 heteroatoms. The molecule has 2 aliphatic rings. The summed E-state index contributed by atoms with van der Waals surface area (Å²) in [5.41, 5.74) is 4.95. The molecule has 2 saturated heterocycles. The monoisotopic (exact) mass is 487 g/mol. The molecule has 1 atom stereocenters. The van der Waals surface area contributed by atoms with Crippen LogP contribution in [0.25, 0.3) is 5.69 Å². The molecule has 0 bridgehead atoms. The Bertz CT molecular complexity index is 1270. The molecule has 2 aliphatic heterocycles. The zero-order valence-electron chi connectivity index (χ0n) is 20.4. The molecule has 1 unspecified atom stereocenters.